The number of nitrogens with zero attached hydrogens (tertiary/aromatic N) is 1. The van der Waals surface area contributed by atoms with Crippen LogP contribution in [-0.2, 0) is 14.3 Å². The lowest BCUT2D eigenvalue weighted by molar-refractivity contribution is -0.136. The van der Waals surface area contributed by atoms with Crippen LogP contribution in [0.1, 0.15) is 64.2 Å². The van der Waals surface area contributed by atoms with Crippen molar-refractivity contribution in [3.05, 3.63) is 0 Å². The molecule has 0 spiro atoms. The first kappa shape index (κ1) is 17.7. The summed E-state index contributed by atoms with van der Waals surface area (Å²) in [6.45, 7) is 2.98. The minimum Gasteiger partial charge on any atom is -0.381 e. The van der Waals surface area contributed by atoms with E-state index < -0.39 is 0 Å². The van der Waals surface area contributed by atoms with Gasteiger partial charge in [-0.2, -0.15) is 0 Å². The fourth-order valence-electron chi connectivity index (χ4n) is 4.25. The molecule has 3 rings (SSSR count). The fraction of sp³-hybridized carbons (Fsp3) is 0.895. The maximum Gasteiger partial charge on any atom is 0.223 e. The highest BCUT2D eigenvalue weighted by Crippen LogP contribution is 2.23. The first-order valence-electron chi connectivity index (χ1n) is 9.88. The van der Waals surface area contributed by atoms with Crippen LogP contribution < -0.4 is 5.32 Å². The van der Waals surface area contributed by atoms with Gasteiger partial charge in [-0.15, -0.1) is 0 Å². The summed E-state index contributed by atoms with van der Waals surface area (Å²) in [5.74, 6) is 0.951. The third-order valence-electron chi connectivity index (χ3n) is 5.91. The highest BCUT2D eigenvalue weighted by molar-refractivity contribution is 5.80. The molecule has 3 aliphatic rings. The molecule has 0 bridgehead atoms. The third kappa shape index (κ3) is 4.95. The van der Waals surface area contributed by atoms with Crippen molar-refractivity contribution in [1.82, 2.24) is 10.2 Å². The van der Waals surface area contributed by atoms with Crippen LogP contribution in [0.5, 0.6) is 0 Å². The highest BCUT2D eigenvalue weighted by Gasteiger charge is 2.30. The standard InChI is InChI=1S/C19H32N2O3/c22-18(13-15-9-12-24-14-15)21-10-7-16(8-11-21)19(23)20-17-5-3-1-2-4-6-17/h15-17H,1-14H2,(H,20,23). The Morgan fingerprint density at radius 1 is 0.958 bits per heavy atom. The molecular weight excluding hydrogens is 304 g/mol. The SMILES string of the molecule is O=C(NC1CCCCCC1)C1CCN(C(=O)CC2CCOC2)CC1. The molecule has 1 saturated carbocycles. The van der Waals surface area contributed by atoms with E-state index in [-0.39, 0.29) is 17.7 Å². The Labute approximate surface area is 145 Å². The number of rotatable bonds is 4. The van der Waals surface area contributed by atoms with E-state index >= 15 is 0 Å². The number of amides is 2. The molecule has 5 nitrogen and oxygen atoms in total. The number of piperidine rings is 1. The van der Waals surface area contributed by atoms with E-state index in [9.17, 15) is 9.59 Å². The van der Waals surface area contributed by atoms with E-state index in [2.05, 4.69) is 5.32 Å². The van der Waals surface area contributed by atoms with Crippen LogP contribution in [0.15, 0.2) is 0 Å². The number of likely N-dealkylation sites (tertiary alicyclic amines) is 1. The van der Waals surface area contributed by atoms with Crippen LogP contribution in [-0.4, -0.2) is 49.1 Å². The van der Waals surface area contributed by atoms with Gasteiger partial charge < -0.3 is 15.0 Å². The molecule has 0 radical (unpaired) electrons. The topological polar surface area (TPSA) is 58.6 Å². The second-order valence-corrected chi connectivity index (χ2v) is 7.79. The number of carbonyl (C=O) groups is 2. The van der Waals surface area contributed by atoms with Gasteiger partial charge in [0.25, 0.3) is 0 Å². The van der Waals surface area contributed by atoms with Gasteiger partial charge in [-0.3, -0.25) is 9.59 Å². The smallest absolute Gasteiger partial charge is 0.223 e. The van der Waals surface area contributed by atoms with Gasteiger partial charge >= 0.3 is 0 Å². The molecule has 0 aromatic heterocycles. The molecule has 2 aliphatic heterocycles. The summed E-state index contributed by atoms with van der Waals surface area (Å²) >= 11 is 0. The van der Waals surface area contributed by atoms with Crippen LogP contribution in [0.4, 0.5) is 0 Å². The van der Waals surface area contributed by atoms with Crippen molar-refractivity contribution < 1.29 is 14.3 Å². The van der Waals surface area contributed by atoms with Gasteiger partial charge in [-0.25, -0.2) is 0 Å². The molecule has 1 atom stereocenters. The first-order valence-corrected chi connectivity index (χ1v) is 9.88. The Kier molecular flexibility index (Phi) is 6.52. The third-order valence-corrected chi connectivity index (χ3v) is 5.91. The lowest BCUT2D eigenvalue weighted by Crippen LogP contribution is -2.45. The Balaban J connectivity index is 1.39. The summed E-state index contributed by atoms with van der Waals surface area (Å²) in [4.78, 5) is 26.8. The van der Waals surface area contributed by atoms with Crippen molar-refractivity contribution in [3.63, 3.8) is 0 Å². The second kappa shape index (κ2) is 8.84. The van der Waals surface area contributed by atoms with Crippen LogP contribution in [0, 0.1) is 11.8 Å². The number of hydrogen-bond acceptors (Lipinski definition) is 3. The second-order valence-electron chi connectivity index (χ2n) is 7.79. The molecule has 2 amide bonds. The monoisotopic (exact) mass is 336 g/mol. The molecular formula is C19H32N2O3. The molecule has 1 N–H and O–H groups in total. The van der Waals surface area contributed by atoms with Crippen molar-refractivity contribution in [3.8, 4) is 0 Å². The zero-order valence-corrected chi connectivity index (χ0v) is 14.8. The average Bonchev–Trinajstić information content (AvgIpc) is 2.97. The summed E-state index contributed by atoms with van der Waals surface area (Å²) < 4.78 is 5.35. The molecule has 1 aliphatic carbocycles. The number of hydrogen-bond donors (Lipinski definition) is 1. The Morgan fingerprint density at radius 3 is 2.29 bits per heavy atom. The van der Waals surface area contributed by atoms with Gasteiger partial charge in [-0.05, 0) is 38.0 Å². The van der Waals surface area contributed by atoms with Gasteiger partial charge in [0.15, 0.2) is 0 Å². The first-order chi connectivity index (χ1) is 11.7. The largest absolute Gasteiger partial charge is 0.381 e. The Morgan fingerprint density at radius 2 is 1.67 bits per heavy atom. The maximum atomic E-state index is 12.5. The molecule has 2 saturated heterocycles. The summed E-state index contributed by atoms with van der Waals surface area (Å²) in [5, 5.41) is 3.27. The van der Waals surface area contributed by atoms with Crippen molar-refractivity contribution in [2.45, 2.75) is 70.3 Å². The van der Waals surface area contributed by atoms with E-state index in [1.54, 1.807) is 0 Å². The Bertz CT molecular complexity index is 418. The molecule has 5 heteroatoms. The van der Waals surface area contributed by atoms with Gasteiger partial charge in [0.2, 0.25) is 11.8 Å². The minimum atomic E-state index is 0.0899. The van der Waals surface area contributed by atoms with Crippen molar-refractivity contribution in [1.29, 1.82) is 0 Å². The molecule has 136 valence electrons. The van der Waals surface area contributed by atoms with Gasteiger partial charge in [-0.1, -0.05) is 25.7 Å². The number of nitrogens with one attached hydrogen (secondary N) is 1. The predicted molar refractivity (Wildman–Crippen MR) is 92.5 cm³/mol. The van der Waals surface area contributed by atoms with E-state index in [1.165, 1.54) is 25.7 Å². The maximum absolute atomic E-state index is 12.5. The number of carbonyl (C=O) groups excluding carboxylic acids is 2. The zero-order chi connectivity index (χ0) is 16.8. The lowest BCUT2D eigenvalue weighted by Gasteiger charge is -2.32. The van der Waals surface area contributed by atoms with Crippen molar-refractivity contribution in [2.75, 3.05) is 26.3 Å². The average molecular weight is 336 g/mol. The molecule has 1 unspecified atom stereocenters. The van der Waals surface area contributed by atoms with E-state index in [0.717, 1.165) is 58.4 Å². The van der Waals surface area contributed by atoms with E-state index in [1.807, 2.05) is 4.90 Å². The fourth-order valence-corrected chi connectivity index (χ4v) is 4.25. The zero-order valence-electron chi connectivity index (χ0n) is 14.8. The predicted octanol–water partition coefficient (Wildman–Crippen LogP) is 2.49. The van der Waals surface area contributed by atoms with Crippen LogP contribution in [0.2, 0.25) is 0 Å². The molecule has 0 aromatic rings. The molecule has 0 aromatic carbocycles. The Hall–Kier alpha value is -1.10. The summed E-state index contributed by atoms with van der Waals surface area (Å²) in [6.07, 6.45) is 10.6. The summed E-state index contributed by atoms with van der Waals surface area (Å²) in [5.41, 5.74) is 0. The summed E-state index contributed by atoms with van der Waals surface area (Å²) in [6, 6.07) is 0.377. The number of ether oxygens (including phenoxy) is 1. The van der Waals surface area contributed by atoms with Crippen LogP contribution in [0.25, 0.3) is 0 Å². The normalized spacial score (nSPS) is 27.0. The quantitative estimate of drug-likeness (QED) is 0.803. The van der Waals surface area contributed by atoms with Gasteiger partial charge in [0, 0.05) is 44.7 Å². The molecule has 2 heterocycles. The van der Waals surface area contributed by atoms with Crippen molar-refractivity contribution >= 4 is 11.8 Å². The molecule has 24 heavy (non-hydrogen) atoms. The van der Waals surface area contributed by atoms with Crippen molar-refractivity contribution in [2.24, 2.45) is 11.8 Å². The molecule has 3 fully saturated rings. The van der Waals surface area contributed by atoms with Gasteiger partial charge in [0.05, 0.1) is 0 Å². The summed E-state index contributed by atoms with van der Waals surface area (Å²) in [7, 11) is 0. The van der Waals surface area contributed by atoms with E-state index in [4.69, 9.17) is 4.74 Å². The van der Waals surface area contributed by atoms with Crippen LogP contribution in [0.3, 0.4) is 0 Å². The van der Waals surface area contributed by atoms with Crippen LogP contribution >= 0.6 is 0 Å². The highest BCUT2D eigenvalue weighted by atomic mass is 16.5. The van der Waals surface area contributed by atoms with Gasteiger partial charge in [0.1, 0.15) is 0 Å². The van der Waals surface area contributed by atoms with E-state index in [0.29, 0.717) is 18.4 Å². The minimum absolute atomic E-state index is 0.0899. The lowest BCUT2D eigenvalue weighted by atomic mass is 9.94.